The Kier molecular flexibility index (Phi) is 6.03. The van der Waals surface area contributed by atoms with Gasteiger partial charge in [0.15, 0.2) is 5.69 Å². The van der Waals surface area contributed by atoms with E-state index in [1.54, 1.807) is 10.7 Å². The molecule has 0 saturated heterocycles. The maximum atomic E-state index is 12.2. The van der Waals surface area contributed by atoms with Crippen LogP contribution in [-0.4, -0.2) is 44.8 Å². The number of carboxylic acids is 1. The zero-order chi connectivity index (χ0) is 17.7. The van der Waals surface area contributed by atoms with Gasteiger partial charge in [-0.2, -0.15) is 5.10 Å². The fourth-order valence-electron chi connectivity index (χ4n) is 2.41. The van der Waals surface area contributed by atoms with E-state index >= 15 is 0 Å². The molecular weight excluding hydrogens is 326 g/mol. The number of carbonyl (C=O) groups excluding carboxylic acids is 1. The number of amides is 1. The van der Waals surface area contributed by atoms with Gasteiger partial charge in [0.2, 0.25) is 0 Å². The first-order valence-corrected chi connectivity index (χ1v) is 8.75. The summed E-state index contributed by atoms with van der Waals surface area (Å²) in [5, 5.41) is 15.7. The van der Waals surface area contributed by atoms with Crippen LogP contribution in [0.4, 0.5) is 0 Å². The normalized spacial score (nSPS) is 10.6. The number of thioether (sulfide) groups is 1. The molecule has 2 rings (SSSR count). The topological polar surface area (TPSA) is 84.2 Å². The summed E-state index contributed by atoms with van der Waals surface area (Å²) in [6, 6.07) is 7.89. The lowest BCUT2D eigenvalue weighted by Gasteiger charge is -2.07. The number of carboxylic acid groups (broad SMARTS) is 1. The second kappa shape index (κ2) is 8.01. The van der Waals surface area contributed by atoms with Crippen LogP contribution in [0.5, 0.6) is 0 Å². The Hall–Kier alpha value is -2.28. The minimum absolute atomic E-state index is 0.0380. The third kappa shape index (κ3) is 4.86. The Morgan fingerprint density at radius 1 is 1.17 bits per heavy atom. The number of aromatic nitrogens is 2. The van der Waals surface area contributed by atoms with E-state index in [9.17, 15) is 9.59 Å². The molecule has 0 fully saturated rings. The van der Waals surface area contributed by atoms with Crippen molar-refractivity contribution in [3.8, 4) is 5.69 Å². The SMILES string of the molecule is Cc1cc(C)cc(-n2nc(C(=O)NCCSCC(=O)O)cc2C)c1. The molecule has 0 atom stereocenters. The van der Waals surface area contributed by atoms with Crippen LogP contribution in [0, 0.1) is 20.8 Å². The number of nitrogens with one attached hydrogen (secondary N) is 1. The summed E-state index contributed by atoms with van der Waals surface area (Å²) in [4.78, 5) is 22.6. The van der Waals surface area contributed by atoms with Crippen LogP contribution < -0.4 is 5.32 Å². The average Bonchev–Trinajstić information content (AvgIpc) is 2.87. The predicted octanol–water partition coefficient (Wildman–Crippen LogP) is 2.35. The molecule has 24 heavy (non-hydrogen) atoms. The van der Waals surface area contributed by atoms with E-state index < -0.39 is 5.97 Å². The van der Waals surface area contributed by atoms with E-state index in [0.29, 0.717) is 18.0 Å². The van der Waals surface area contributed by atoms with Gasteiger partial charge in [0, 0.05) is 18.0 Å². The van der Waals surface area contributed by atoms with Gasteiger partial charge in [-0.15, -0.1) is 11.8 Å². The van der Waals surface area contributed by atoms with Crippen LogP contribution in [0.15, 0.2) is 24.3 Å². The lowest BCUT2D eigenvalue weighted by atomic mass is 10.1. The summed E-state index contributed by atoms with van der Waals surface area (Å²) < 4.78 is 1.76. The number of hydrogen-bond acceptors (Lipinski definition) is 4. The first kappa shape index (κ1) is 18.1. The highest BCUT2D eigenvalue weighted by Gasteiger charge is 2.13. The highest BCUT2D eigenvalue weighted by molar-refractivity contribution is 7.99. The van der Waals surface area contributed by atoms with E-state index in [4.69, 9.17) is 5.11 Å². The number of nitrogens with zero attached hydrogens (tertiary/aromatic N) is 2. The molecule has 0 unspecified atom stereocenters. The Morgan fingerprint density at radius 2 is 1.83 bits per heavy atom. The summed E-state index contributed by atoms with van der Waals surface area (Å²) in [6.45, 7) is 6.37. The Labute approximate surface area is 145 Å². The van der Waals surface area contributed by atoms with Crippen LogP contribution in [0.25, 0.3) is 5.69 Å². The molecule has 128 valence electrons. The maximum Gasteiger partial charge on any atom is 0.313 e. The van der Waals surface area contributed by atoms with Crippen molar-refractivity contribution in [2.24, 2.45) is 0 Å². The van der Waals surface area contributed by atoms with Crippen LogP contribution in [-0.2, 0) is 4.79 Å². The maximum absolute atomic E-state index is 12.2. The minimum atomic E-state index is -0.853. The second-order valence-electron chi connectivity index (χ2n) is 5.63. The zero-order valence-electron chi connectivity index (χ0n) is 14.0. The summed E-state index contributed by atoms with van der Waals surface area (Å²) in [6.07, 6.45) is 0. The van der Waals surface area contributed by atoms with Gasteiger partial charge in [-0.3, -0.25) is 9.59 Å². The third-order valence-corrected chi connectivity index (χ3v) is 4.27. The lowest BCUT2D eigenvalue weighted by molar-refractivity contribution is -0.133. The van der Waals surface area contributed by atoms with Gasteiger partial charge < -0.3 is 10.4 Å². The highest BCUT2D eigenvalue weighted by atomic mass is 32.2. The van der Waals surface area contributed by atoms with Gasteiger partial charge in [-0.05, 0) is 50.1 Å². The summed E-state index contributed by atoms with van der Waals surface area (Å²) in [5.74, 6) is -0.517. The van der Waals surface area contributed by atoms with E-state index in [2.05, 4.69) is 16.5 Å². The summed E-state index contributed by atoms with van der Waals surface area (Å²) in [5.41, 5.74) is 4.45. The van der Waals surface area contributed by atoms with Crippen molar-refractivity contribution in [2.75, 3.05) is 18.1 Å². The number of benzene rings is 1. The molecule has 0 bridgehead atoms. The molecule has 2 aromatic rings. The van der Waals surface area contributed by atoms with Crippen molar-refractivity contribution in [3.63, 3.8) is 0 Å². The molecule has 0 aliphatic rings. The second-order valence-corrected chi connectivity index (χ2v) is 6.74. The number of aliphatic carboxylic acids is 1. The quantitative estimate of drug-likeness (QED) is 0.751. The number of hydrogen-bond donors (Lipinski definition) is 2. The van der Waals surface area contributed by atoms with Crippen LogP contribution in [0.2, 0.25) is 0 Å². The molecule has 0 aliphatic heterocycles. The van der Waals surface area contributed by atoms with Crippen molar-refractivity contribution < 1.29 is 14.7 Å². The molecule has 1 aromatic carbocycles. The largest absolute Gasteiger partial charge is 0.481 e. The van der Waals surface area contributed by atoms with E-state index in [0.717, 1.165) is 22.5 Å². The minimum Gasteiger partial charge on any atom is -0.481 e. The van der Waals surface area contributed by atoms with Gasteiger partial charge >= 0.3 is 5.97 Å². The van der Waals surface area contributed by atoms with Gasteiger partial charge in [0.05, 0.1) is 11.4 Å². The molecule has 7 heteroatoms. The number of aryl methyl sites for hydroxylation is 3. The number of rotatable bonds is 7. The van der Waals surface area contributed by atoms with Gasteiger partial charge in [-0.1, -0.05) is 6.07 Å². The van der Waals surface area contributed by atoms with E-state index in [1.165, 1.54) is 11.8 Å². The zero-order valence-corrected chi connectivity index (χ0v) is 14.8. The monoisotopic (exact) mass is 347 g/mol. The van der Waals surface area contributed by atoms with Crippen molar-refractivity contribution in [1.29, 1.82) is 0 Å². The molecule has 0 aliphatic carbocycles. The van der Waals surface area contributed by atoms with Gasteiger partial charge in [0.25, 0.3) is 5.91 Å². The fourth-order valence-corrected chi connectivity index (χ4v) is 2.97. The molecule has 1 aromatic heterocycles. The van der Waals surface area contributed by atoms with E-state index in [1.807, 2.05) is 32.9 Å². The predicted molar refractivity (Wildman–Crippen MR) is 95.1 cm³/mol. The first-order chi connectivity index (χ1) is 11.4. The summed E-state index contributed by atoms with van der Waals surface area (Å²) >= 11 is 1.27. The van der Waals surface area contributed by atoms with Crippen molar-refractivity contribution in [1.82, 2.24) is 15.1 Å². The Balaban J connectivity index is 2.02. The highest BCUT2D eigenvalue weighted by Crippen LogP contribution is 2.16. The van der Waals surface area contributed by atoms with Crippen LogP contribution >= 0.6 is 11.8 Å². The van der Waals surface area contributed by atoms with Crippen molar-refractivity contribution >= 4 is 23.6 Å². The molecule has 1 heterocycles. The Bertz CT molecular complexity index is 735. The molecule has 1 amide bonds. The molecule has 2 N–H and O–H groups in total. The van der Waals surface area contributed by atoms with Crippen LogP contribution in [0.3, 0.4) is 0 Å². The molecule has 0 saturated carbocycles. The average molecular weight is 347 g/mol. The van der Waals surface area contributed by atoms with Gasteiger partial charge in [0.1, 0.15) is 0 Å². The first-order valence-electron chi connectivity index (χ1n) is 7.60. The van der Waals surface area contributed by atoms with Crippen molar-refractivity contribution in [2.45, 2.75) is 20.8 Å². The summed E-state index contributed by atoms with van der Waals surface area (Å²) in [7, 11) is 0. The molecular formula is C17H21N3O3S. The number of carbonyl (C=O) groups is 2. The van der Waals surface area contributed by atoms with Crippen molar-refractivity contribution in [3.05, 3.63) is 46.8 Å². The molecule has 0 spiro atoms. The van der Waals surface area contributed by atoms with E-state index in [-0.39, 0.29) is 11.7 Å². The third-order valence-electron chi connectivity index (χ3n) is 3.33. The standard InChI is InChI=1S/C17H21N3O3S/c1-11-6-12(2)8-14(7-11)20-13(3)9-15(19-20)17(23)18-4-5-24-10-16(21)22/h6-9H,4-5,10H2,1-3H3,(H,18,23)(H,21,22). The fraction of sp³-hybridized carbons (Fsp3) is 0.353. The lowest BCUT2D eigenvalue weighted by Crippen LogP contribution is -2.26. The van der Waals surface area contributed by atoms with Crippen LogP contribution in [0.1, 0.15) is 27.3 Å². The smallest absolute Gasteiger partial charge is 0.313 e. The molecule has 0 radical (unpaired) electrons. The van der Waals surface area contributed by atoms with Gasteiger partial charge in [-0.25, -0.2) is 4.68 Å². The Morgan fingerprint density at radius 3 is 2.46 bits per heavy atom. The molecule has 6 nitrogen and oxygen atoms in total.